The summed E-state index contributed by atoms with van der Waals surface area (Å²) >= 11 is 0. The van der Waals surface area contributed by atoms with Crippen molar-refractivity contribution in [3.63, 3.8) is 0 Å². The lowest BCUT2D eigenvalue weighted by Gasteiger charge is -2.04. The van der Waals surface area contributed by atoms with Crippen LogP contribution in [0.15, 0.2) is 12.1 Å². The zero-order valence-corrected chi connectivity index (χ0v) is 9.93. The number of hydrogen-bond donors (Lipinski definition) is 1. The maximum absolute atomic E-state index is 9.72. The van der Waals surface area contributed by atoms with Gasteiger partial charge in [-0.2, -0.15) is 0 Å². The van der Waals surface area contributed by atoms with Gasteiger partial charge >= 0.3 is 0 Å². The first-order valence-electron chi connectivity index (χ1n) is 6.01. The maximum Gasteiger partial charge on any atom is 0.119 e. The van der Waals surface area contributed by atoms with Crippen molar-refractivity contribution in [2.75, 3.05) is 0 Å². The molecule has 0 radical (unpaired) electrons. The van der Waals surface area contributed by atoms with Gasteiger partial charge in [0.25, 0.3) is 0 Å². The molecule has 0 bridgehead atoms. The van der Waals surface area contributed by atoms with E-state index in [1.165, 1.54) is 36.0 Å². The summed E-state index contributed by atoms with van der Waals surface area (Å²) in [4.78, 5) is 0. The summed E-state index contributed by atoms with van der Waals surface area (Å²) in [5, 5.41) is 9.72. The minimum absolute atomic E-state index is 0.518. The zero-order chi connectivity index (χ0) is 11.1. The number of aromatic hydroxyl groups is 1. The SMILES string of the molecule is CC.Cc1ccc(O)c2c1CC1(CC1)C2. The highest BCUT2D eigenvalue weighted by Crippen LogP contribution is 2.57. The Balaban J connectivity index is 0.000000404. The van der Waals surface area contributed by atoms with Crippen molar-refractivity contribution in [2.45, 2.75) is 46.5 Å². The van der Waals surface area contributed by atoms with Crippen LogP contribution in [0.3, 0.4) is 0 Å². The smallest absolute Gasteiger partial charge is 0.119 e. The van der Waals surface area contributed by atoms with Crippen LogP contribution < -0.4 is 0 Å². The van der Waals surface area contributed by atoms with E-state index in [-0.39, 0.29) is 0 Å². The van der Waals surface area contributed by atoms with Gasteiger partial charge in [-0.3, -0.25) is 0 Å². The minimum Gasteiger partial charge on any atom is -0.508 e. The van der Waals surface area contributed by atoms with E-state index in [1.54, 1.807) is 0 Å². The normalized spacial score (nSPS) is 19.4. The molecule has 1 heteroatoms. The van der Waals surface area contributed by atoms with Gasteiger partial charge in [-0.15, -0.1) is 0 Å². The van der Waals surface area contributed by atoms with E-state index in [4.69, 9.17) is 0 Å². The van der Waals surface area contributed by atoms with Crippen molar-refractivity contribution in [2.24, 2.45) is 5.41 Å². The van der Waals surface area contributed by atoms with Crippen molar-refractivity contribution in [1.29, 1.82) is 0 Å². The van der Waals surface area contributed by atoms with Gasteiger partial charge in [0.15, 0.2) is 0 Å². The highest BCUT2D eigenvalue weighted by Gasteiger charge is 2.48. The van der Waals surface area contributed by atoms with E-state index in [0.717, 1.165) is 6.42 Å². The lowest BCUT2D eigenvalue weighted by Crippen LogP contribution is -1.97. The number of rotatable bonds is 0. The van der Waals surface area contributed by atoms with Gasteiger partial charge in [0.05, 0.1) is 0 Å². The van der Waals surface area contributed by atoms with Crippen molar-refractivity contribution in [1.82, 2.24) is 0 Å². The van der Waals surface area contributed by atoms with Crippen LogP contribution >= 0.6 is 0 Å². The third kappa shape index (κ3) is 1.64. The van der Waals surface area contributed by atoms with Crippen LogP contribution in [0.1, 0.15) is 43.4 Å². The molecule has 0 atom stereocenters. The van der Waals surface area contributed by atoms with Crippen molar-refractivity contribution >= 4 is 0 Å². The molecule has 2 aliphatic rings. The van der Waals surface area contributed by atoms with Crippen LogP contribution in [0.2, 0.25) is 0 Å². The van der Waals surface area contributed by atoms with E-state index in [9.17, 15) is 5.11 Å². The minimum atomic E-state index is 0.518. The highest BCUT2D eigenvalue weighted by atomic mass is 16.3. The van der Waals surface area contributed by atoms with Gasteiger partial charge < -0.3 is 5.11 Å². The van der Waals surface area contributed by atoms with Crippen LogP contribution in [0, 0.1) is 12.3 Å². The summed E-state index contributed by atoms with van der Waals surface area (Å²) in [6.45, 7) is 6.15. The van der Waals surface area contributed by atoms with Gasteiger partial charge in [0.1, 0.15) is 5.75 Å². The largest absolute Gasteiger partial charge is 0.508 e. The Morgan fingerprint density at radius 3 is 2.20 bits per heavy atom. The molecule has 0 unspecified atom stereocenters. The number of benzene rings is 1. The molecule has 0 amide bonds. The summed E-state index contributed by atoms with van der Waals surface area (Å²) in [7, 11) is 0. The lowest BCUT2D eigenvalue weighted by molar-refractivity contribution is 0.463. The standard InChI is InChI=1S/C12H14O.C2H6/c1-8-2-3-11(13)10-7-12(4-5-12)6-9(8)10;1-2/h2-3,13H,4-7H2,1H3;1-2H3. The first-order valence-corrected chi connectivity index (χ1v) is 6.01. The first kappa shape index (κ1) is 10.5. The number of phenols is 1. The lowest BCUT2D eigenvalue weighted by atomic mass is 10.0. The van der Waals surface area contributed by atoms with Crippen LogP contribution in [-0.2, 0) is 12.8 Å². The van der Waals surface area contributed by atoms with Gasteiger partial charge in [-0.1, -0.05) is 19.9 Å². The fraction of sp³-hybridized carbons (Fsp3) is 0.571. The molecule has 0 heterocycles. The third-order valence-corrected chi connectivity index (χ3v) is 3.70. The molecule has 0 aliphatic heterocycles. The van der Waals surface area contributed by atoms with E-state index in [0.29, 0.717) is 11.2 Å². The molecule has 1 fully saturated rings. The van der Waals surface area contributed by atoms with Crippen LogP contribution in [0.4, 0.5) is 0 Å². The Hall–Kier alpha value is -0.980. The molecule has 0 saturated heterocycles. The fourth-order valence-electron chi connectivity index (χ4n) is 2.58. The molecule has 15 heavy (non-hydrogen) atoms. The Kier molecular flexibility index (Phi) is 2.49. The molecule has 1 spiro atoms. The van der Waals surface area contributed by atoms with E-state index < -0.39 is 0 Å². The Bertz CT molecular complexity index is 342. The number of aryl methyl sites for hydroxylation is 1. The summed E-state index contributed by atoms with van der Waals surface area (Å²) in [5.41, 5.74) is 4.60. The summed E-state index contributed by atoms with van der Waals surface area (Å²) in [6.07, 6.45) is 5.06. The topological polar surface area (TPSA) is 20.2 Å². The molecule has 1 aromatic rings. The molecular formula is C14H20O. The second-order valence-corrected chi connectivity index (χ2v) is 4.71. The maximum atomic E-state index is 9.72. The molecule has 82 valence electrons. The van der Waals surface area contributed by atoms with Crippen molar-refractivity contribution < 1.29 is 5.11 Å². The molecule has 3 rings (SSSR count). The highest BCUT2D eigenvalue weighted by molar-refractivity contribution is 5.49. The zero-order valence-electron chi connectivity index (χ0n) is 9.93. The number of fused-ring (bicyclic) bond motifs is 1. The Morgan fingerprint density at radius 1 is 1.07 bits per heavy atom. The van der Waals surface area contributed by atoms with Crippen molar-refractivity contribution in [3.8, 4) is 5.75 Å². The molecule has 1 N–H and O–H groups in total. The number of phenolic OH excluding ortho intramolecular Hbond substituents is 1. The van der Waals surface area contributed by atoms with Gasteiger partial charge in [-0.05, 0) is 60.8 Å². The molecule has 0 aromatic heterocycles. The predicted octanol–water partition coefficient (Wildman–Crippen LogP) is 3.61. The molecule has 1 saturated carbocycles. The quantitative estimate of drug-likeness (QED) is 0.684. The van der Waals surface area contributed by atoms with Gasteiger partial charge in [0.2, 0.25) is 0 Å². The van der Waals surface area contributed by atoms with Gasteiger partial charge in [0, 0.05) is 0 Å². The van der Waals surface area contributed by atoms with E-state index in [2.05, 4.69) is 6.92 Å². The average molecular weight is 204 g/mol. The molecule has 2 aliphatic carbocycles. The van der Waals surface area contributed by atoms with Crippen LogP contribution in [0.5, 0.6) is 5.75 Å². The fourth-order valence-corrected chi connectivity index (χ4v) is 2.58. The third-order valence-electron chi connectivity index (χ3n) is 3.70. The van der Waals surface area contributed by atoms with Crippen LogP contribution in [-0.4, -0.2) is 5.11 Å². The molecule has 1 aromatic carbocycles. The molecular weight excluding hydrogens is 184 g/mol. The van der Waals surface area contributed by atoms with Gasteiger partial charge in [-0.25, -0.2) is 0 Å². The van der Waals surface area contributed by atoms with E-state index in [1.807, 2.05) is 26.0 Å². The molecule has 1 nitrogen and oxygen atoms in total. The summed E-state index contributed by atoms with van der Waals surface area (Å²) in [5.74, 6) is 0.518. The first-order chi connectivity index (χ1) is 7.20. The van der Waals surface area contributed by atoms with Crippen molar-refractivity contribution in [3.05, 3.63) is 28.8 Å². The number of hydrogen-bond acceptors (Lipinski definition) is 1. The Morgan fingerprint density at radius 2 is 1.67 bits per heavy atom. The summed E-state index contributed by atoms with van der Waals surface area (Å²) < 4.78 is 0. The monoisotopic (exact) mass is 204 g/mol. The second kappa shape index (κ2) is 3.55. The second-order valence-electron chi connectivity index (χ2n) is 4.71. The summed E-state index contributed by atoms with van der Waals surface area (Å²) in [6, 6.07) is 3.88. The average Bonchev–Trinajstić information content (AvgIpc) is 2.86. The van der Waals surface area contributed by atoms with Crippen LogP contribution in [0.25, 0.3) is 0 Å². The Labute approximate surface area is 92.1 Å². The predicted molar refractivity (Wildman–Crippen MR) is 63.3 cm³/mol. The van der Waals surface area contributed by atoms with E-state index >= 15 is 0 Å².